The third-order valence-electron chi connectivity index (χ3n) is 4.01. The van der Waals surface area contributed by atoms with E-state index in [9.17, 15) is 4.79 Å². The number of allylic oxidation sites excluding steroid dienone is 2. The van der Waals surface area contributed by atoms with E-state index in [0.29, 0.717) is 0 Å². The van der Waals surface area contributed by atoms with Crippen molar-refractivity contribution in [3.63, 3.8) is 0 Å². The highest BCUT2D eigenvalue weighted by atomic mass is 16.7. The second kappa shape index (κ2) is 19.2. The average Bonchev–Trinajstić information content (AvgIpc) is 2.53. The van der Waals surface area contributed by atoms with E-state index in [1.165, 1.54) is 90.4 Å². The summed E-state index contributed by atoms with van der Waals surface area (Å²) < 4.78 is 0. The summed E-state index contributed by atoms with van der Waals surface area (Å²) in [5, 5.41) is 0. The molecule has 1 N–H and O–H groups in total. The predicted octanol–water partition coefficient (Wildman–Crippen LogP) is 6.09. The lowest BCUT2D eigenvalue weighted by Crippen LogP contribution is -2.18. The molecule has 0 aliphatic heterocycles. The first-order chi connectivity index (χ1) is 11.3. The maximum atomic E-state index is 10.5. The molecule has 0 aromatic heterocycles. The number of hydrogen-bond donors (Lipinski definition) is 1. The average molecular weight is 326 g/mol. The number of hydroxylamine groups is 1. The van der Waals surface area contributed by atoms with Crippen molar-refractivity contribution in [1.82, 2.24) is 5.48 Å². The number of nitrogens with one attached hydrogen (secondary N) is 1. The maximum Gasteiger partial charge on any atom is 0.321 e. The minimum absolute atomic E-state index is 0.269. The third kappa shape index (κ3) is 21.2. The van der Waals surface area contributed by atoms with Crippen molar-refractivity contribution >= 4 is 5.97 Å². The van der Waals surface area contributed by atoms with Crippen LogP contribution in [0.2, 0.25) is 0 Å². The van der Waals surface area contributed by atoms with Crippen LogP contribution in [-0.2, 0) is 9.63 Å². The van der Waals surface area contributed by atoms with Crippen LogP contribution in [0.3, 0.4) is 0 Å². The fraction of sp³-hybridized carbons (Fsp3) is 0.850. The van der Waals surface area contributed by atoms with E-state index in [1.54, 1.807) is 0 Å². The predicted molar refractivity (Wildman–Crippen MR) is 99.2 cm³/mol. The number of rotatable bonds is 17. The summed E-state index contributed by atoms with van der Waals surface area (Å²) >= 11 is 0. The van der Waals surface area contributed by atoms with Gasteiger partial charge >= 0.3 is 5.97 Å². The quantitative estimate of drug-likeness (QED) is 0.200. The van der Waals surface area contributed by atoms with E-state index in [2.05, 4.69) is 29.4 Å². The summed E-state index contributed by atoms with van der Waals surface area (Å²) in [5.74, 6) is -0.269. The maximum absolute atomic E-state index is 10.5. The Balaban J connectivity index is 3.06. The molecule has 0 atom stereocenters. The Bertz CT molecular complexity index is 277. The van der Waals surface area contributed by atoms with Crippen LogP contribution in [0.5, 0.6) is 0 Å². The summed E-state index contributed by atoms with van der Waals surface area (Å²) in [6.07, 6.45) is 23.1. The van der Waals surface area contributed by atoms with E-state index >= 15 is 0 Å². The van der Waals surface area contributed by atoms with Crippen molar-refractivity contribution in [2.45, 2.75) is 104 Å². The Morgan fingerprint density at radius 2 is 1.26 bits per heavy atom. The number of carbonyl (C=O) groups is 1. The third-order valence-corrected chi connectivity index (χ3v) is 4.01. The lowest BCUT2D eigenvalue weighted by molar-refractivity contribution is -0.148. The van der Waals surface area contributed by atoms with Gasteiger partial charge in [-0.2, -0.15) is 5.48 Å². The molecule has 0 aliphatic carbocycles. The van der Waals surface area contributed by atoms with Crippen LogP contribution >= 0.6 is 0 Å². The first-order valence-corrected chi connectivity index (χ1v) is 9.82. The highest BCUT2D eigenvalue weighted by molar-refractivity contribution is 5.65. The van der Waals surface area contributed by atoms with E-state index in [1.807, 2.05) is 0 Å². The summed E-state index contributed by atoms with van der Waals surface area (Å²) in [6.45, 7) is 4.45. The highest BCUT2D eigenvalue weighted by Crippen LogP contribution is 2.09. The standard InChI is InChI=1S/C20H39NO2/c1-3-4-5-6-7-8-9-10-11-12-13-14-15-16-17-18-19-21-23-20(2)22/h10-11,21H,3-9,12-19H2,1-2H3/b11-10-. The molecular weight excluding hydrogens is 286 g/mol. The number of carbonyl (C=O) groups excluding carboxylic acids is 1. The summed E-state index contributed by atoms with van der Waals surface area (Å²) in [4.78, 5) is 15.2. The molecule has 0 radical (unpaired) electrons. The zero-order valence-electron chi connectivity index (χ0n) is 15.6. The fourth-order valence-electron chi connectivity index (χ4n) is 2.60. The van der Waals surface area contributed by atoms with Gasteiger partial charge in [0.05, 0.1) is 0 Å². The summed E-state index contributed by atoms with van der Waals surface area (Å²) in [7, 11) is 0. The molecule has 0 aliphatic rings. The monoisotopic (exact) mass is 325 g/mol. The lowest BCUT2D eigenvalue weighted by atomic mass is 10.1. The largest absolute Gasteiger partial charge is 0.371 e. The molecule has 0 amide bonds. The van der Waals surface area contributed by atoms with Crippen LogP contribution in [0.25, 0.3) is 0 Å². The van der Waals surface area contributed by atoms with Gasteiger partial charge in [-0.1, -0.05) is 76.9 Å². The fourth-order valence-corrected chi connectivity index (χ4v) is 2.60. The molecule has 23 heavy (non-hydrogen) atoms. The van der Waals surface area contributed by atoms with Crippen LogP contribution in [0.1, 0.15) is 104 Å². The molecular formula is C20H39NO2. The van der Waals surface area contributed by atoms with Gasteiger partial charge in [-0.25, -0.2) is 0 Å². The molecule has 3 heteroatoms. The molecule has 0 saturated heterocycles. The second-order valence-corrected chi connectivity index (χ2v) is 6.43. The molecule has 0 heterocycles. The molecule has 0 saturated carbocycles. The Kier molecular flexibility index (Phi) is 18.5. The van der Waals surface area contributed by atoms with Gasteiger partial charge in [-0.05, 0) is 32.1 Å². The SMILES string of the molecule is CCCCCCCC/C=C\CCCCCCCCNOC(C)=O. The van der Waals surface area contributed by atoms with Gasteiger partial charge < -0.3 is 4.84 Å². The van der Waals surface area contributed by atoms with E-state index < -0.39 is 0 Å². The Morgan fingerprint density at radius 1 is 0.783 bits per heavy atom. The van der Waals surface area contributed by atoms with Crippen molar-refractivity contribution in [3.8, 4) is 0 Å². The molecule has 0 fully saturated rings. The summed E-state index contributed by atoms with van der Waals surface area (Å²) in [6, 6.07) is 0. The van der Waals surface area contributed by atoms with Crippen molar-refractivity contribution in [1.29, 1.82) is 0 Å². The number of unbranched alkanes of at least 4 members (excludes halogenated alkanes) is 12. The minimum atomic E-state index is -0.269. The molecule has 136 valence electrons. The minimum Gasteiger partial charge on any atom is -0.371 e. The Hall–Kier alpha value is -0.830. The van der Waals surface area contributed by atoms with E-state index in [4.69, 9.17) is 0 Å². The zero-order chi connectivity index (χ0) is 17.0. The van der Waals surface area contributed by atoms with Gasteiger partial charge in [0.2, 0.25) is 0 Å². The molecule has 0 aromatic rings. The lowest BCUT2D eigenvalue weighted by Gasteiger charge is -2.03. The van der Waals surface area contributed by atoms with Gasteiger partial charge in [0.1, 0.15) is 0 Å². The molecule has 3 nitrogen and oxygen atoms in total. The van der Waals surface area contributed by atoms with Crippen LogP contribution in [0, 0.1) is 0 Å². The van der Waals surface area contributed by atoms with Gasteiger partial charge in [0, 0.05) is 13.5 Å². The van der Waals surface area contributed by atoms with Crippen LogP contribution in [-0.4, -0.2) is 12.5 Å². The zero-order valence-corrected chi connectivity index (χ0v) is 15.6. The van der Waals surface area contributed by atoms with Crippen molar-refractivity contribution in [2.75, 3.05) is 6.54 Å². The van der Waals surface area contributed by atoms with Crippen LogP contribution < -0.4 is 5.48 Å². The first kappa shape index (κ1) is 22.2. The Morgan fingerprint density at radius 3 is 1.78 bits per heavy atom. The molecule has 0 unspecified atom stereocenters. The van der Waals surface area contributed by atoms with Crippen molar-refractivity contribution in [3.05, 3.63) is 12.2 Å². The van der Waals surface area contributed by atoms with Crippen molar-refractivity contribution in [2.24, 2.45) is 0 Å². The van der Waals surface area contributed by atoms with Gasteiger partial charge in [-0.15, -0.1) is 0 Å². The molecule has 0 spiro atoms. The topological polar surface area (TPSA) is 38.3 Å². The van der Waals surface area contributed by atoms with Gasteiger partial charge in [0.25, 0.3) is 0 Å². The molecule has 0 bridgehead atoms. The second-order valence-electron chi connectivity index (χ2n) is 6.43. The molecule has 0 rings (SSSR count). The summed E-state index contributed by atoms with van der Waals surface area (Å²) in [5.41, 5.74) is 2.68. The van der Waals surface area contributed by atoms with E-state index in [-0.39, 0.29) is 5.97 Å². The van der Waals surface area contributed by atoms with Crippen LogP contribution in [0.4, 0.5) is 0 Å². The highest BCUT2D eigenvalue weighted by Gasteiger charge is 1.93. The van der Waals surface area contributed by atoms with Crippen LogP contribution in [0.15, 0.2) is 12.2 Å². The van der Waals surface area contributed by atoms with Gasteiger partial charge in [-0.3, -0.25) is 4.79 Å². The number of hydrogen-bond acceptors (Lipinski definition) is 3. The van der Waals surface area contributed by atoms with Crippen molar-refractivity contribution < 1.29 is 9.63 Å². The van der Waals surface area contributed by atoms with Gasteiger partial charge in [0.15, 0.2) is 0 Å². The Labute approximate surface area is 144 Å². The molecule has 0 aromatic carbocycles. The first-order valence-electron chi connectivity index (χ1n) is 9.82. The smallest absolute Gasteiger partial charge is 0.321 e. The normalized spacial score (nSPS) is 11.2. The van der Waals surface area contributed by atoms with E-state index in [0.717, 1.165) is 13.0 Å².